The van der Waals surface area contributed by atoms with Crippen molar-refractivity contribution in [3.63, 3.8) is 0 Å². The molecule has 0 heterocycles. The SMILES string of the molecule is C[C@](N)(CN)C(=O)O. The molecule has 8 heavy (non-hydrogen) atoms. The lowest BCUT2D eigenvalue weighted by atomic mass is 10.1. The van der Waals surface area contributed by atoms with Crippen molar-refractivity contribution < 1.29 is 9.90 Å². The van der Waals surface area contributed by atoms with Gasteiger partial charge in [0.1, 0.15) is 5.54 Å². The lowest BCUT2D eigenvalue weighted by Gasteiger charge is -2.14. The molecule has 0 radical (unpaired) electrons. The van der Waals surface area contributed by atoms with E-state index in [0.717, 1.165) is 0 Å². The minimum atomic E-state index is -1.26. The van der Waals surface area contributed by atoms with Gasteiger partial charge in [0.15, 0.2) is 0 Å². The Balaban J connectivity index is 3.91. The molecule has 0 unspecified atom stereocenters. The van der Waals surface area contributed by atoms with Gasteiger partial charge in [-0.1, -0.05) is 0 Å². The zero-order valence-corrected chi connectivity index (χ0v) is 4.72. The van der Waals surface area contributed by atoms with Gasteiger partial charge in [-0.05, 0) is 6.92 Å². The lowest BCUT2D eigenvalue weighted by Crippen LogP contribution is -2.51. The predicted molar refractivity (Wildman–Crippen MR) is 29.3 cm³/mol. The number of aliphatic carboxylic acids is 1. The van der Waals surface area contributed by atoms with E-state index in [4.69, 9.17) is 16.6 Å². The van der Waals surface area contributed by atoms with Crippen LogP contribution in [0.4, 0.5) is 0 Å². The van der Waals surface area contributed by atoms with Crippen molar-refractivity contribution in [2.45, 2.75) is 12.5 Å². The third-order valence-corrected chi connectivity index (χ3v) is 0.913. The molecule has 0 spiro atoms. The maximum atomic E-state index is 10.0. The Bertz CT molecular complexity index is 100. The summed E-state index contributed by atoms with van der Waals surface area (Å²) in [4.78, 5) is 10.0. The van der Waals surface area contributed by atoms with E-state index < -0.39 is 11.5 Å². The van der Waals surface area contributed by atoms with Gasteiger partial charge in [-0.25, -0.2) is 0 Å². The van der Waals surface area contributed by atoms with Crippen molar-refractivity contribution in [2.24, 2.45) is 11.5 Å². The highest BCUT2D eigenvalue weighted by molar-refractivity contribution is 5.78. The summed E-state index contributed by atoms with van der Waals surface area (Å²) in [7, 11) is 0. The summed E-state index contributed by atoms with van der Waals surface area (Å²) in [5.41, 5.74) is 8.87. The van der Waals surface area contributed by atoms with Crippen LogP contribution in [0.1, 0.15) is 6.92 Å². The molecule has 0 saturated heterocycles. The van der Waals surface area contributed by atoms with Crippen LogP contribution in [0.2, 0.25) is 0 Å². The van der Waals surface area contributed by atoms with Crippen LogP contribution in [0.15, 0.2) is 0 Å². The van der Waals surface area contributed by atoms with Gasteiger partial charge in [0.2, 0.25) is 0 Å². The number of carboxylic acid groups (broad SMARTS) is 1. The van der Waals surface area contributed by atoms with E-state index in [0.29, 0.717) is 0 Å². The minimum absolute atomic E-state index is 0.0394. The zero-order valence-electron chi connectivity index (χ0n) is 4.72. The topological polar surface area (TPSA) is 89.3 Å². The van der Waals surface area contributed by atoms with E-state index in [-0.39, 0.29) is 6.54 Å². The van der Waals surface area contributed by atoms with E-state index in [1.807, 2.05) is 0 Å². The predicted octanol–water partition coefficient (Wildman–Crippen LogP) is -1.25. The molecular weight excluding hydrogens is 108 g/mol. The number of nitrogens with two attached hydrogens (primary N) is 2. The maximum Gasteiger partial charge on any atom is 0.324 e. The lowest BCUT2D eigenvalue weighted by molar-refractivity contribution is -0.142. The molecule has 1 atom stereocenters. The summed E-state index contributed by atoms with van der Waals surface area (Å²) in [6.07, 6.45) is 0. The highest BCUT2D eigenvalue weighted by Gasteiger charge is 2.24. The summed E-state index contributed by atoms with van der Waals surface area (Å²) in [6, 6.07) is 0. The number of carboxylic acids is 1. The number of carbonyl (C=O) groups is 1. The van der Waals surface area contributed by atoms with Crippen LogP contribution in [-0.4, -0.2) is 23.2 Å². The van der Waals surface area contributed by atoms with E-state index >= 15 is 0 Å². The fourth-order valence-electron chi connectivity index (χ4n) is 0.0873. The summed E-state index contributed by atoms with van der Waals surface area (Å²) >= 11 is 0. The second-order valence-electron chi connectivity index (χ2n) is 1.93. The smallest absolute Gasteiger partial charge is 0.324 e. The molecule has 0 fully saturated rings. The van der Waals surface area contributed by atoms with Crippen molar-refractivity contribution in [3.05, 3.63) is 0 Å². The van der Waals surface area contributed by atoms with Gasteiger partial charge in [-0.2, -0.15) is 0 Å². The average molecular weight is 118 g/mol. The van der Waals surface area contributed by atoms with E-state index in [2.05, 4.69) is 0 Å². The van der Waals surface area contributed by atoms with Crippen molar-refractivity contribution >= 4 is 5.97 Å². The Kier molecular flexibility index (Phi) is 1.94. The van der Waals surface area contributed by atoms with Gasteiger partial charge in [0, 0.05) is 6.54 Å². The summed E-state index contributed by atoms with van der Waals surface area (Å²) in [6.45, 7) is 1.33. The Labute approximate surface area is 47.5 Å². The Morgan fingerprint density at radius 1 is 1.88 bits per heavy atom. The van der Waals surface area contributed by atoms with E-state index in [1.54, 1.807) is 0 Å². The first-order chi connectivity index (χ1) is 3.50. The fourth-order valence-corrected chi connectivity index (χ4v) is 0.0873. The minimum Gasteiger partial charge on any atom is -0.480 e. The van der Waals surface area contributed by atoms with Gasteiger partial charge < -0.3 is 16.6 Å². The molecule has 0 saturated carbocycles. The summed E-state index contributed by atoms with van der Waals surface area (Å²) < 4.78 is 0. The molecule has 0 bridgehead atoms. The van der Waals surface area contributed by atoms with Crippen LogP contribution in [-0.2, 0) is 4.79 Å². The zero-order chi connectivity index (χ0) is 6.78. The molecule has 5 N–H and O–H groups in total. The van der Waals surface area contributed by atoms with Crippen molar-refractivity contribution in [1.82, 2.24) is 0 Å². The van der Waals surface area contributed by atoms with Crippen molar-refractivity contribution in [3.8, 4) is 0 Å². The number of hydrogen-bond donors (Lipinski definition) is 3. The Morgan fingerprint density at radius 3 is 2.25 bits per heavy atom. The van der Waals surface area contributed by atoms with Crippen LogP contribution in [0.5, 0.6) is 0 Å². The molecular formula is C4H10N2O2. The molecule has 48 valence electrons. The van der Waals surface area contributed by atoms with Crippen LogP contribution in [0.25, 0.3) is 0 Å². The summed E-state index contributed by atoms with van der Waals surface area (Å²) in [5.74, 6) is -1.07. The normalized spacial score (nSPS) is 17.4. The van der Waals surface area contributed by atoms with Crippen LogP contribution in [0.3, 0.4) is 0 Å². The van der Waals surface area contributed by atoms with Gasteiger partial charge in [0.05, 0.1) is 0 Å². The molecule has 0 aromatic rings. The highest BCUT2D eigenvalue weighted by Crippen LogP contribution is 1.92. The number of hydrogen-bond acceptors (Lipinski definition) is 3. The molecule has 0 rings (SSSR count). The molecule has 4 heteroatoms. The first kappa shape index (κ1) is 7.39. The monoisotopic (exact) mass is 118 g/mol. The Morgan fingerprint density at radius 2 is 2.25 bits per heavy atom. The number of rotatable bonds is 2. The third kappa shape index (κ3) is 1.48. The standard InChI is InChI=1S/C4H10N2O2/c1-4(6,2-5)3(7)8/h2,5-6H2,1H3,(H,7,8)/t4-/m0/s1. The van der Waals surface area contributed by atoms with Crippen LogP contribution < -0.4 is 11.5 Å². The van der Waals surface area contributed by atoms with Crippen molar-refractivity contribution in [2.75, 3.05) is 6.54 Å². The molecule has 0 aliphatic heterocycles. The Hall–Kier alpha value is -0.610. The average Bonchev–Trinajstić information content (AvgIpc) is 1.67. The second-order valence-corrected chi connectivity index (χ2v) is 1.93. The maximum absolute atomic E-state index is 10.0. The van der Waals surface area contributed by atoms with Gasteiger partial charge in [-0.3, -0.25) is 4.79 Å². The fraction of sp³-hybridized carbons (Fsp3) is 0.750. The first-order valence-electron chi connectivity index (χ1n) is 2.23. The molecule has 0 amide bonds. The molecule has 0 aromatic carbocycles. The van der Waals surface area contributed by atoms with Gasteiger partial charge in [-0.15, -0.1) is 0 Å². The van der Waals surface area contributed by atoms with E-state index in [9.17, 15) is 4.79 Å². The molecule has 4 nitrogen and oxygen atoms in total. The molecule has 0 aromatic heterocycles. The van der Waals surface area contributed by atoms with Crippen LogP contribution in [0, 0.1) is 0 Å². The molecule has 0 aliphatic rings. The van der Waals surface area contributed by atoms with E-state index in [1.165, 1.54) is 6.92 Å². The first-order valence-corrected chi connectivity index (χ1v) is 2.23. The molecule has 0 aliphatic carbocycles. The van der Waals surface area contributed by atoms with Crippen molar-refractivity contribution in [1.29, 1.82) is 0 Å². The summed E-state index contributed by atoms with van der Waals surface area (Å²) in [5, 5.41) is 8.24. The largest absolute Gasteiger partial charge is 0.480 e. The van der Waals surface area contributed by atoms with Gasteiger partial charge in [0.25, 0.3) is 0 Å². The second kappa shape index (κ2) is 2.11. The quantitative estimate of drug-likeness (QED) is 0.422. The van der Waals surface area contributed by atoms with Crippen LogP contribution >= 0.6 is 0 Å². The van der Waals surface area contributed by atoms with Gasteiger partial charge >= 0.3 is 5.97 Å². The third-order valence-electron chi connectivity index (χ3n) is 0.913. The highest BCUT2D eigenvalue weighted by atomic mass is 16.4.